The normalized spacial score (nSPS) is 7.27. The zero-order valence-corrected chi connectivity index (χ0v) is 16.0. The molecule has 0 aliphatic rings. The van der Waals surface area contributed by atoms with E-state index in [1.165, 1.54) is 5.54 Å². The van der Waals surface area contributed by atoms with Gasteiger partial charge in [0.25, 0.3) is 0 Å². The maximum Gasteiger partial charge on any atom is 0 e. The van der Waals surface area contributed by atoms with Crippen molar-refractivity contribution < 1.29 is 44.3 Å². The van der Waals surface area contributed by atoms with E-state index < -0.39 is 7.27 Å². The van der Waals surface area contributed by atoms with Crippen LogP contribution in [0.15, 0.2) is 41.7 Å². The number of benzene rings is 1. The zero-order chi connectivity index (χ0) is 18.1. The predicted molar refractivity (Wildman–Crippen MR) is 73.5 cm³/mol. The van der Waals surface area contributed by atoms with Crippen LogP contribution in [0.2, 0.25) is 0 Å². The minimum Gasteiger partial charge on any atom is 0 e. The summed E-state index contributed by atoms with van der Waals surface area (Å²) >= 11 is 11.4. The quantitative estimate of drug-likeness (QED) is 0.319. The smallest absolute Gasteiger partial charge is 0 e. The fourth-order valence-electron chi connectivity index (χ4n) is 0.706. The van der Waals surface area contributed by atoms with Gasteiger partial charge in [0.05, 0.1) is 0 Å². The average molecular weight is 529 g/mol. The Kier molecular flexibility index (Phi) is 85.2. The Balaban J connectivity index is -0.0000000500. The molecular weight excluding hydrogens is 522 g/mol. The van der Waals surface area contributed by atoms with E-state index in [4.69, 9.17) is 46.1 Å². The van der Waals surface area contributed by atoms with E-state index in [9.17, 15) is 0 Å². The van der Waals surface area contributed by atoms with Crippen LogP contribution in [-0.4, -0.2) is 0 Å². The van der Waals surface area contributed by atoms with Crippen molar-refractivity contribution in [3.05, 3.63) is 74.9 Å². The summed E-state index contributed by atoms with van der Waals surface area (Å²) in [6.07, 6.45) is 0. The number of halogens is 2. The molecule has 1 rings (SSSR count). The minimum absolute atomic E-state index is 0. The van der Waals surface area contributed by atoms with E-state index in [1.54, 1.807) is 5.82 Å². The van der Waals surface area contributed by atoms with Gasteiger partial charge in [0.2, 0.25) is 0 Å². The standard InChI is InChI=1S/C8H7Cl2P.5CO.W/c9-6-7-11(10)8-4-2-1-3-5-8;5*1-2;/h1-7H;;;;;;/b7-6+;;;;;;. The van der Waals surface area contributed by atoms with Crippen LogP contribution in [0.1, 0.15) is 0 Å². The summed E-state index contributed by atoms with van der Waals surface area (Å²) in [6, 6.07) is 9.89. The number of hydrogen-bond donors (Lipinski definition) is 0. The second-order valence-electron chi connectivity index (χ2n) is 1.92. The minimum atomic E-state index is -0.716. The first-order valence-corrected chi connectivity index (χ1v) is 6.89. The average Bonchev–Trinajstić information content (AvgIpc) is 2.64. The molecule has 0 radical (unpaired) electrons. The summed E-state index contributed by atoms with van der Waals surface area (Å²) in [5.74, 6) is 1.80. The molecule has 0 spiro atoms. The van der Waals surface area contributed by atoms with Crippen LogP contribution in [-0.2, 0) is 44.3 Å². The molecule has 1 aromatic carbocycles. The monoisotopic (exact) mass is 528 g/mol. The van der Waals surface area contributed by atoms with E-state index >= 15 is 0 Å². The molecule has 0 saturated carbocycles. The Bertz CT molecular complexity index is 395. The SMILES string of the molecule is Cl/C=C/P(Cl)c1ccccc1.[C-]#[O+].[C-]#[O+].[C-]#[O+].[C-]#[O+].[C-]#[O+].[W]. The van der Waals surface area contributed by atoms with E-state index in [2.05, 4.69) is 33.3 Å². The number of hydrogen-bond acceptors (Lipinski definition) is 0. The molecule has 5 nitrogen and oxygen atoms in total. The molecule has 1 atom stereocenters. The van der Waals surface area contributed by atoms with Crippen molar-refractivity contribution in [2.24, 2.45) is 0 Å². The van der Waals surface area contributed by atoms with Crippen molar-refractivity contribution in [3.8, 4) is 0 Å². The van der Waals surface area contributed by atoms with E-state index in [-0.39, 0.29) is 21.1 Å². The molecule has 0 N–H and O–H groups in total. The molecule has 22 heavy (non-hydrogen) atoms. The Morgan fingerprint density at radius 2 is 1.09 bits per heavy atom. The van der Waals surface area contributed by atoms with Crippen LogP contribution in [0.25, 0.3) is 0 Å². The maximum atomic E-state index is 7.50. The van der Waals surface area contributed by atoms with Crippen LogP contribution in [0, 0.1) is 33.3 Å². The van der Waals surface area contributed by atoms with Gasteiger partial charge in [-0.05, 0) is 11.1 Å². The molecule has 0 heterocycles. The summed E-state index contributed by atoms with van der Waals surface area (Å²) in [4.78, 5) is 0. The fourth-order valence-corrected chi connectivity index (χ4v) is 2.45. The van der Waals surface area contributed by atoms with E-state index in [1.807, 2.05) is 30.3 Å². The summed E-state index contributed by atoms with van der Waals surface area (Å²) in [6.45, 7) is 22.5. The summed E-state index contributed by atoms with van der Waals surface area (Å²) < 4.78 is 37.5. The van der Waals surface area contributed by atoms with Crippen molar-refractivity contribution in [2.45, 2.75) is 0 Å². The van der Waals surface area contributed by atoms with Gasteiger partial charge >= 0.3 is 56.5 Å². The van der Waals surface area contributed by atoms with Crippen LogP contribution in [0.4, 0.5) is 0 Å². The van der Waals surface area contributed by atoms with Gasteiger partial charge in [0, 0.05) is 33.9 Å². The van der Waals surface area contributed by atoms with Crippen LogP contribution < -0.4 is 5.30 Å². The van der Waals surface area contributed by atoms with Crippen molar-refractivity contribution in [2.75, 3.05) is 0 Å². The van der Waals surface area contributed by atoms with Crippen molar-refractivity contribution in [1.82, 2.24) is 0 Å². The number of rotatable bonds is 2. The first-order valence-electron chi connectivity index (χ1n) is 4.13. The molecule has 1 unspecified atom stereocenters. The molecule has 0 aliphatic carbocycles. The van der Waals surface area contributed by atoms with Gasteiger partial charge < -0.3 is 0 Å². The zero-order valence-electron chi connectivity index (χ0n) is 10.7. The molecule has 0 aliphatic heterocycles. The topological polar surface area (TPSA) is 99.5 Å². The van der Waals surface area contributed by atoms with Gasteiger partial charge in [0.15, 0.2) is 0 Å². The first kappa shape index (κ1) is 37.5. The Labute approximate surface area is 154 Å². The summed E-state index contributed by atoms with van der Waals surface area (Å²) in [5.41, 5.74) is 1.46. The van der Waals surface area contributed by atoms with Crippen molar-refractivity contribution in [3.63, 3.8) is 0 Å². The van der Waals surface area contributed by atoms with Gasteiger partial charge in [-0.15, -0.1) is 0 Å². The first-order chi connectivity index (χ1) is 10.3. The molecule has 1 aromatic rings. The largest absolute Gasteiger partial charge is 0 e. The van der Waals surface area contributed by atoms with Gasteiger partial charge in [-0.1, -0.05) is 53.2 Å². The Morgan fingerprint density at radius 3 is 1.36 bits per heavy atom. The molecule has 0 amide bonds. The fraction of sp³-hybridized carbons (Fsp3) is 0. The van der Waals surface area contributed by atoms with E-state index in [0.29, 0.717) is 0 Å². The van der Waals surface area contributed by atoms with Crippen LogP contribution in [0.5, 0.6) is 0 Å². The molecule has 0 bridgehead atoms. The Morgan fingerprint density at radius 1 is 0.773 bits per heavy atom. The van der Waals surface area contributed by atoms with Crippen molar-refractivity contribution in [1.29, 1.82) is 0 Å². The molecule has 114 valence electrons. The van der Waals surface area contributed by atoms with E-state index in [0.717, 1.165) is 5.30 Å². The second-order valence-corrected chi connectivity index (χ2v) is 4.70. The third kappa shape index (κ3) is 31.6. The molecule has 0 saturated heterocycles. The predicted octanol–water partition coefficient (Wildman–Crippen LogP) is 3.47. The third-order valence-corrected chi connectivity index (χ3v) is 3.62. The van der Waals surface area contributed by atoms with Crippen LogP contribution in [0.3, 0.4) is 0 Å². The van der Waals surface area contributed by atoms with Gasteiger partial charge in [-0.2, -0.15) is 0 Å². The van der Waals surface area contributed by atoms with Gasteiger partial charge in [-0.3, -0.25) is 0 Å². The summed E-state index contributed by atoms with van der Waals surface area (Å²) in [5, 5.41) is 1.13. The molecular formula is C13H7Cl2O5PW. The summed E-state index contributed by atoms with van der Waals surface area (Å²) in [7, 11) is -0.716. The third-order valence-electron chi connectivity index (χ3n) is 1.19. The molecule has 0 aromatic heterocycles. The maximum absolute atomic E-state index is 7.50. The van der Waals surface area contributed by atoms with Gasteiger partial charge in [0.1, 0.15) is 0 Å². The second kappa shape index (κ2) is 50.0. The molecule has 0 fully saturated rings. The molecule has 9 heteroatoms. The van der Waals surface area contributed by atoms with Crippen molar-refractivity contribution >= 4 is 35.4 Å². The van der Waals surface area contributed by atoms with Gasteiger partial charge in [-0.25, -0.2) is 0 Å². The van der Waals surface area contributed by atoms with Crippen LogP contribution >= 0.6 is 30.1 Å². The Hall–Kier alpha value is -0.642.